The van der Waals surface area contributed by atoms with Gasteiger partial charge in [-0.1, -0.05) is 0 Å². The topological polar surface area (TPSA) is 40.6 Å². The normalized spacial score (nSPS) is 11.1. The summed E-state index contributed by atoms with van der Waals surface area (Å²) in [6.45, 7) is 0.533. The SMILES string of the molecule is COCc1nc(C(OC)OC)cs1. The predicted molar refractivity (Wildman–Crippen MR) is 49.6 cm³/mol. The van der Waals surface area contributed by atoms with Crippen LogP contribution in [0.15, 0.2) is 5.38 Å². The van der Waals surface area contributed by atoms with Gasteiger partial charge in [0.1, 0.15) is 10.7 Å². The molecule has 1 rings (SSSR count). The van der Waals surface area contributed by atoms with Gasteiger partial charge >= 0.3 is 0 Å². The molecular weight excluding hydrogens is 190 g/mol. The van der Waals surface area contributed by atoms with Crippen molar-refractivity contribution in [3.8, 4) is 0 Å². The fourth-order valence-electron chi connectivity index (χ4n) is 0.961. The van der Waals surface area contributed by atoms with Gasteiger partial charge < -0.3 is 14.2 Å². The minimum atomic E-state index is -0.373. The van der Waals surface area contributed by atoms with E-state index in [1.54, 1.807) is 21.3 Å². The first kappa shape index (κ1) is 10.6. The second-order valence-electron chi connectivity index (χ2n) is 2.40. The molecule has 0 aliphatic heterocycles. The van der Waals surface area contributed by atoms with Crippen molar-refractivity contribution >= 4 is 11.3 Å². The Morgan fingerprint density at radius 1 is 1.38 bits per heavy atom. The number of hydrogen-bond donors (Lipinski definition) is 0. The average molecular weight is 203 g/mol. The van der Waals surface area contributed by atoms with E-state index in [9.17, 15) is 0 Å². The first-order chi connectivity index (χ1) is 6.31. The minimum Gasteiger partial charge on any atom is -0.378 e. The Bertz CT molecular complexity index is 247. The molecule has 0 unspecified atom stereocenters. The zero-order valence-electron chi connectivity index (χ0n) is 7.94. The van der Waals surface area contributed by atoms with Gasteiger partial charge in [0.25, 0.3) is 0 Å². The van der Waals surface area contributed by atoms with Crippen molar-refractivity contribution in [3.63, 3.8) is 0 Å². The summed E-state index contributed by atoms with van der Waals surface area (Å²) in [5, 5.41) is 2.84. The monoisotopic (exact) mass is 203 g/mol. The lowest BCUT2D eigenvalue weighted by Crippen LogP contribution is -2.04. The van der Waals surface area contributed by atoms with E-state index in [4.69, 9.17) is 14.2 Å². The van der Waals surface area contributed by atoms with Crippen molar-refractivity contribution in [3.05, 3.63) is 16.1 Å². The van der Waals surface area contributed by atoms with E-state index in [0.717, 1.165) is 10.7 Å². The molecule has 1 heterocycles. The van der Waals surface area contributed by atoms with Crippen LogP contribution in [0.4, 0.5) is 0 Å². The lowest BCUT2D eigenvalue weighted by Gasteiger charge is -2.09. The lowest BCUT2D eigenvalue weighted by atomic mass is 10.5. The smallest absolute Gasteiger partial charge is 0.201 e. The van der Waals surface area contributed by atoms with E-state index < -0.39 is 0 Å². The van der Waals surface area contributed by atoms with Crippen LogP contribution in [0, 0.1) is 0 Å². The zero-order valence-corrected chi connectivity index (χ0v) is 8.76. The fourth-order valence-corrected chi connectivity index (χ4v) is 1.73. The van der Waals surface area contributed by atoms with Crippen LogP contribution in [0.1, 0.15) is 17.0 Å². The Labute approximate surface area is 81.5 Å². The fraction of sp³-hybridized carbons (Fsp3) is 0.625. The van der Waals surface area contributed by atoms with Gasteiger partial charge in [0.15, 0.2) is 0 Å². The second-order valence-corrected chi connectivity index (χ2v) is 3.35. The van der Waals surface area contributed by atoms with Gasteiger partial charge in [0, 0.05) is 26.7 Å². The standard InChI is InChI=1S/C8H13NO3S/c1-10-4-7-9-6(5-13-7)8(11-2)12-3/h5,8H,4H2,1-3H3. The minimum absolute atomic E-state index is 0.373. The Morgan fingerprint density at radius 3 is 2.62 bits per heavy atom. The van der Waals surface area contributed by atoms with Gasteiger partial charge in [-0.05, 0) is 0 Å². The van der Waals surface area contributed by atoms with E-state index in [2.05, 4.69) is 4.98 Å². The maximum Gasteiger partial charge on any atom is 0.201 e. The molecule has 1 aromatic heterocycles. The Hall–Kier alpha value is -0.490. The third kappa shape index (κ3) is 2.73. The molecule has 74 valence electrons. The van der Waals surface area contributed by atoms with Crippen molar-refractivity contribution < 1.29 is 14.2 Å². The quantitative estimate of drug-likeness (QED) is 0.681. The molecule has 0 aliphatic carbocycles. The molecule has 0 aromatic carbocycles. The first-order valence-corrected chi connectivity index (χ1v) is 4.68. The molecule has 0 saturated carbocycles. The van der Waals surface area contributed by atoms with Crippen LogP contribution in [-0.4, -0.2) is 26.3 Å². The Balaban J connectivity index is 2.66. The molecule has 13 heavy (non-hydrogen) atoms. The van der Waals surface area contributed by atoms with Crippen LogP contribution < -0.4 is 0 Å². The number of methoxy groups -OCH3 is 3. The van der Waals surface area contributed by atoms with E-state index in [-0.39, 0.29) is 6.29 Å². The van der Waals surface area contributed by atoms with Crippen LogP contribution >= 0.6 is 11.3 Å². The van der Waals surface area contributed by atoms with Crippen molar-refractivity contribution in [2.24, 2.45) is 0 Å². The summed E-state index contributed by atoms with van der Waals surface area (Å²) in [6.07, 6.45) is -0.373. The van der Waals surface area contributed by atoms with Gasteiger partial charge in [-0.25, -0.2) is 4.98 Å². The van der Waals surface area contributed by atoms with Crippen LogP contribution in [0.25, 0.3) is 0 Å². The van der Waals surface area contributed by atoms with Crippen LogP contribution in [-0.2, 0) is 20.8 Å². The third-order valence-electron chi connectivity index (χ3n) is 1.51. The first-order valence-electron chi connectivity index (χ1n) is 3.80. The number of rotatable bonds is 5. The number of aromatic nitrogens is 1. The molecule has 0 aliphatic rings. The molecule has 0 atom stereocenters. The Morgan fingerprint density at radius 2 is 2.08 bits per heavy atom. The third-order valence-corrected chi connectivity index (χ3v) is 2.35. The lowest BCUT2D eigenvalue weighted by molar-refractivity contribution is -0.108. The van der Waals surface area contributed by atoms with E-state index in [1.807, 2.05) is 5.38 Å². The molecule has 0 spiro atoms. The summed E-state index contributed by atoms with van der Waals surface area (Å²) in [5.74, 6) is 0. The highest BCUT2D eigenvalue weighted by Crippen LogP contribution is 2.20. The van der Waals surface area contributed by atoms with Crippen LogP contribution in [0.3, 0.4) is 0 Å². The number of nitrogens with zero attached hydrogens (tertiary/aromatic N) is 1. The van der Waals surface area contributed by atoms with Crippen LogP contribution in [0.2, 0.25) is 0 Å². The van der Waals surface area contributed by atoms with Gasteiger partial charge in [0.05, 0.1) is 6.61 Å². The molecule has 1 aromatic rings. The van der Waals surface area contributed by atoms with Gasteiger partial charge in [-0.15, -0.1) is 11.3 Å². The maximum atomic E-state index is 5.06. The van der Waals surface area contributed by atoms with Gasteiger partial charge in [-0.2, -0.15) is 0 Å². The summed E-state index contributed by atoms with van der Waals surface area (Å²) in [7, 11) is 4.82. The van der Waals surface area contributed by atoms with E-state index in [0.29, 0.717) is 6.61 Å². The molecule has 0 fully saturated rings. The maximum absolute atomic E-state index is 5.06. The number of thiazole rings is 1. The van der Waals surface area contributed by atoms with Crippen molar-refractivity contribution in [2.45, 2.75) is 12.9 Å². The molecule has 0 radical (unpaired) electrons. The van der Waals surface area contributed by atoms with Crippen molar-refractivity contribution in [2.75, 3.05) is 21.3 Å². The summed E-state index contributed by atoms with van der Waals surface area (Å²) in [6, 6.07) is 0. The number of ether oxygens (including phenoxy) is 3. The largest absolute Gasteiger partial charge is 0.378 e. The summed E-state index contributed by atoms with van der Waals surface area (Å²) in [5.41, 5.74) is 0.794. The van der Waals surface area contributed by atoms with E-state index in [1.165, 1.54) is 11.3 Å². The molecule has 5 heteroatoms. The summed E-state index contributed by atoms with van der Waals surface area (Å²) >= 11 is 1.54. The Kier molecular flexibility index (Phi) is 4.31. The average Bonchev–Trinajstić information content (AvgIpc) is 2.56. The van der Waals surface area contributed by atoms with Crippen molar-refractivity contribution in [1.82, 2.24) is 4.98 Å². The van der Waals surface area contributed by atoms with Crippen LogP contribution in [0.5, 0.6) is 0 Å². The molecule has 4 nitrogen and oxygen atoms in total. The molecule has 0 amide bonds. The van der Waals surface area contributed by atoms with E-state index >= 15 is 0 Å². The number of hydrogen-bond acceptors (Lipinski definition) is 5. The molecule has 0 N–H and O–H groups in total. The predicted octanol–water partition coefficient (Wildman–Crippen LogP) is 1.58. The van der Waals surface area contributed by atoms with Gasteiger partial charge in [-0.3, -0.25) is 0 Å². The summed E-state index contributed by atoms with van der Waals surface area (Å²) < 4.78 is 15.1. The van der Waals surface area contributed by atoms with Crippen molar-refractivity contribution in [1.29, 1.82) is 0 Å². The second kappa shape index (κ2) is 5.29. The highest BCUT2D eigenvalue weighted by molar-refractivity contribution is 7.09. The molecule has 0 bridgehead atoms. The zero-order chi connectivity index (χ0) is 9.68. The van der Waals surface area contributed by atoms with Gasteiger partial charge in [0.2, 0.25) is 6.29 Å². The highest BCUT2D eigenvalue weighted by Gasteiger charge is 2.12. The molecule has 0 saturated heterocycles. The summed E-state index contributed by atoms with van der Waals surface area (Å²) in [4.78, 5) is 4.29. The molecular formula is C8H13NO3S. The highest BCUT2D eigenvalue weighted by atomic mass is 32.1.